The van der Waals surface area contributed by atoms with E-state index in [4.69, 9.17) is 0 Å². The van der Waals surface area contributed by atoms with Crippen LogP contribution < -0.4 is 15.1 Å². The lowest BCUT2D eigenvalue weighted by atomic mass is 10.2. The topological polar surface area (TPSA) is 78.7 Å². The van der Waals surface area contributed by atoms with Crippen LogP contribution in [0.1, 0.15) is 15.9 Å². The van der Waals surface area contributed by atoms with Crippen LogP contribution in [-0.4, -0.2) is 58.0 Å². The molecule has 0 spiro atoms. The minimum atomic E-state index is -0.0633. The Kier molecular flexibility index (Phi) is 5.65. The number of aromatic nitrogens is 4. The summed E-state index contributed by atoms with van der Waals surface area (Å²) in [5.41, 5.74) is 2.88. The molecule has 0 aliphatic carbocycles. The molecule has 0 radical (unpaired) electrons. The second-order valence-corrected chi connectivity index (χ2v) is 7.79. The third-order valence-electron chi connectivity index (χ3n) is 5.78. The molecule has 0 saturated carbocycles. The molecule has 1 fully saturated rings. The molecule has 4 aromatic heterocycles. The molecule has 1 aliphatic heterocycles. The SMILES string of the molecule is O=C(NCCc1ccncc1)c1ccc2ccc(N3CCN(c4ncccn4)CC3)n2c1. The molecule has 0 bridgehead atoms. The number of nitrogens with zero attached hydrogens (tertiary/aromatic N) is 6. The zero-order valence-corrected chi connectivity index (χ0v) is 17.8. The average molecular weight is 428 g/mol. The molecule has 4 aromatic rings. The molecule has 1 saturated heterocycles. The van der Waals surface area contributed by atoms with Crippen LogP contribution in [0.4, 0.5) is 11.8 Å². The van der Waals surface area contributed by atoms with Crippen molar-refractivity contribution in [1.82, 2.24) is 24.7 Å². The van der Waals surface area contributed by atoms with E-state index in [0.29, 0.717) is 12.1 Å². The lowest BCUT2D eigenvalue weighted by molar-refractivity contribution is 0.0953. The molecule has 5 rings (SSSR count). The molecule has 1 N–H and O–H groups in total. The van der Waals surface area contributed by atoms with Crippen molar-refractivity contribution in [2.45, 2.75) is 6.42 Å². The Bertz CT molecular complexity index is 1180. The smallest absolute Gasteiger partial charge is 0.252 e. The lowest BCUT2D eigenvalue weighted by Gasteiger charge is -2.35. The summed E-state index contributed by atoms with van der Waals surface area (Å²) in [6, 6.07) is 13.9. The first-order valence-electron chi connectivity index (χ1n) is 10.8. The fraction of sp³-hybridized carbons (Fsp3) is 0.250. The van der Waals surface area contributed by atoms with Gasteiger partial charge in [-0.25, -0.2) is 9.97 Å². The first-order chi connectivity index (χ1) is 15.8. The normalized spacial score (nSPS) is 14.0. The molecule has 162 valence electrons. The maximum absolute atomic E-state index is 12.7. The van der Waals surface area contributed by atoms with Crippen molar-refractivity contribution in [3.8, 4) is 0 Å². The van der Waals surface area contributed by atoms with E-state index in [1.165, 1.54) is 0 Å². The van der Waals surface area contributed by atoms with E-state index >= 15 is 0 Å². The molecule has 5 heterocycles. The van der Waals surface area contributed by atoms with Gasteiger partial charge in [0.2, 0.25) is 5.95 Å². The van der Waals surface area contributed by atoms with Gasteiger partial charge in [0.1, 0.15) is 5.82 Å². The quantitative estimate of drug-likeness (QED) is 0.509. The highest BCUT2D eigenvalue weighted by Crippen LogP contribution is 2.22. The van der Waals surface area contributed by atoms with Crippen molar-refractivity contribution in [1.29, 1.82) is 0 Å². The van der Waals surface area contributed by atoms with Gasteiger partial charge in [-0.2, -0.15) is 0 Å². The summed E-state index contributed by atoms with van der Waals surface area (Å²) in [6.45, 7) is 4.03. The van der Waals surface area contributed by atoms with Crippen LogP contribution in [-0.2, 0) is 6.42 Å². The summed E-state index contributed by atoms with van der Waals surface area (Å²) < 4.78 is 2.10. The van der Waals surface area contributed by atoms with Gasteiger partial charge in [0, 0.05) is 69.2 Å². The number of anilines is 2. The lowest BCUT2D eigenvalue weighted by Crippen LogP contribution is -2.47. The summed E-state index contributed by atoms with van der Waals surface area (Å²) in [6.07, 6.45) is 9.80. The van der Waals surface area contributed by atoms with Gasteiger partial charge in [0.15, 0.2) is 0 Å². The highest BCUT2D eigenvalue weighted by Gasteiger charge is 2.21. The number of carbonyl (C=O) groups excluding carboxylic acids is 1. The maximum Gasteiger partial charge on any atom is 0.252 e. The average Bonchev–Trinajstić information content (AvgIpc) is 3.28. The fourth-order valence-electron chi connectivity index (χ4n) is 4.04. The summed E-state index contributed by atoms with van der Waals surface area (Å²) in [5, 5.41) is 3.02. The molecular weight excluding hydrogens is 402 g/mol. The van der Waals surface area contributed by atoms with Crippen LogP contribution in [0.15, 0.2) is 73.4 Å². The number of hydrogen-bond acceptors (Lipinski definition) is 6. The monoisotopic (exact) mass is 427 g/mol. The van der Waals surface area contributed by atoms with E-state index in [1.807, 2.05) is 36.5 Å². The molecule has 0 unspecified atom stereocenters. The summed E-state index contributed by atoms with van der Waals surface area (Å²) in [4.78, 5) is 30.0. The number of fused-ring (bicyclic) bond motifs is 1. The van der Waals surface area contributed by atoms with E-state index in [0.717, 1.165) is 55.4 Å². The third kappa shape index (κ3) is 4.25. The van der Waals surface area contributed by atoms with Crippen LogP contribution in [0, 0.1) is 0 Å². The molecule has 1 aliphatic rings. The van der Waals surface area contributed by atoms with Gasteiger partial charge < -0.3 is 19.5 Å². The zero-order chi connectivity index (χ0) is 21.8. The predicted octanol–water partition coefficient (Wildman–Crippen LogP) is 2.42. The fourth-order valence-corrected chi connectivity index (χ4v) is 4.04. The van der Waals surface area contributed by atoms with Crippen LogP contribution in [0.5, 0.6) is 0 Å². The second-order valence-electron chi connectivity index (χ2n) is 7.79. The van der Waals surface area contributed by atoms with Gasteiger partial charge >= 0.3 is 0 Å². The Morgan fingerprint density at radius 1 is 0.875 bits per heavy atom. The van der Waals surface area contributed by atoms with Gasteiger partial charge in [0.05, 0.1) is 5.56 Å². The Labute approximate surface area is 186 Å². The highest BCUT2D eigenvalue weighted by atomic mass is 16.1. The molecule has 0 atom stereocenters. The molecular formula is C24H25N7O. The highest BCUT2D eigenvalue weighted by molar-refractivity contribution is 5.94. The minimum absolute atomic E-state index is 0.0633. The molecule has 0 aromatic carbocycles. The van der Waals surface area contributed by atoms with Crippen molar-refractivity contribution in [3.05, 3.63) is 84.6 Å². The van der Waals surface area contributed by atoms with E-state index in [1.54, 1.807) is 24.8 Å². The molecule has 1 amide bonds. The molecule has 32 heavy (non-hydrogen) atoms. The van der Waals surface area contributed by atoms with E-state index in [9.17, 15) is 4.79 Å². The number of rotatable bonds is 6. The third-order valence-corrected chi connectivity index (χ3v) is 5.78. The van der Waals surface area contributed by atoms with E-state index in [-0.39, 0.29) is 5.91 Å². The Balaban J connectivity index is 1.25. The number of nitrogens with one attached hydrogen (secondary N) is 1. The van der Waals surface area contributed by atoms with Gasteiger partial charge in [-0.1, -0.05) is 0 Å². The van der Waals surface area contributed by atoms with Crippen LogP contribution in [0.3, 0.4) is 0 Å². The number of piperazine rings is 1. The standard InChI is InChI=1S/C24H25N7O/c32-23(26-13-8-19-6-11-25-12-7-19)20-2-3-21-4-5-22(31(21)18-20)29-14-16-30(17-15-29)24-27-9-1-10-28-24/h1-7,9-12,18H,8,13-17H2,(H,26,32). The maximum atomic E-state index is 12.7. The molecule has 8 nitrogen and oxygen atoms in total. The minimum Gasteiger partial charge on any atom is -0.354 e. The Hall–Kier alpha value is -3.94. The van der Waals surface area contributed by atoms with Crippen molar-refractivity contribution < 1.29 is 4.79 Å². The van der Waals surface area contributed by atoms with Crippen molar-refractivity contribution in [3.63, 3.8) is 0 Å². The van der Waals surface area contributed by atoms with Gasteiger partial charge in [-0.05, 0) is 54.4 Å². The summed E-state index contributed by atoms with van der Waals surface area (Å²) in [5.74, 6) is 1.81. The first-order valence-corrected chi connectivity index (χ1v) is 10.8. The zero-order valence-electron chi connectivity index (χ0n) is 17.8. The number of hydrogen-bond donors (Lipinski definition) is 1. The van der Waals surface area contributed by atoms with Crippen LogP contribution >= 0.6 is 0 Å². The van der Waals surface area contributed by atoms with E-state index < -0.39 is 0 Å². The summed E-state index contributed by atoms with van der Waals surface area (Å²) >= 11 is 0. The Morgan fingerprint density at radius 3 is 2.38 bits per heavy atom. The van der Waals surface area contributed by atoms with Crippen molar-refractivity contribution in [2.24, 2.45) is 0 Å². The Morgan fingerprint density at radius 2 is 1.59 bits per heavy atom. The first kappa shape index (κ1) is 20.0. The number of amides is 1. The summed E-state index contributed by atoms with van der Waals surface area (Å²) in [7, 11) is 0. The number of pyridine rings is 2. The van der Waals surface area contributed by atoms with Gasteiger partial charge in [-0.15, -0.1) is 0 Å². The largest absolute Gasteiger partial charge is 0.354 e. The van der Waals surface area contributed by atoms with Crippen LogP contribution in [0.25, 0.3) is 5.52 Å². The van der Waals surface area contributed by atoms with E-state index in [2.05, 4.69) is 46.6 Å². The van der Waals surface area contributed by atoms with Crippen molar-refractivity contribution in [2.75, 3.05) is 42.5 Å². The number of carbonyl (C=O) groups is 1. The predicted molar refractivity (Wildman–Crippen MR) is 124 cm³/mol. The van der Waals surface area contributed by atoms with Crippen molar-refractivity contribution >= 4 is 23.2 Å². The van der Waals surface area contributed by atoms with Gasteiger partial charge in [-0.3, -0.25) is 9.78 Å². The molecule has 8 heteroatoms. The second kappa shape index (κ2) is 9.05. The van der Waals surface area contributed by atoms with Crippen LogP contribution in [0.2, 0.25) is 0 Å². The van der Waals surface area contributed by atoms with Gasteiger partial charge in [0.25, 0.3) is 5.91 Å².